The number of aryl methyl sites for hydroxylation is 2. The van der Waals surface area contributed by atoms with Gasteiger partial charge in [0, 0.05) is 27.9 Å². The molecule has 0 N–H and O–H groups in total. The molecule has 8 heteroatoms. The molecule has 0 aliphatic carbocycles. The SMILES string of the molecule is C=CCn1c(COc2cc(C)c(Cl)c(C)c2)nnc1SCc1c(F)cccc1Cl. The van der Waals surface area contributed by atoms with Crippen LogP contribution in [0.25, 0.3) is 0 Å². The smallest absolute Gasteiger partial charge is 0.191 e. The summed E-state index contributed by atoms with van der Waals surface area (Å²) in [6.45, 7) is 8.41. The summed E-state index contributed by atoms with van der Waals surface area (Å²) in [7, 11) is 0. The van der Waals surface area contributed by atoms with Crippen LogP contribution in [0, 0.1) is 19.7 Å². The van der Waals surface area contributed by atoms with Gasteiger partial charge >= 0.3 is 0 Å². The van der Waals surface area contributed by atoms with Crippen molar-refractivity contribution in [2.75, 3.05) is 0 Å². The summed E-state index contributed by atoms with van der Waals surface area (Å²) in [5, 5.41) is 10.2. The van der Waals surface area contributed by atoms with Crippen LogP contribution in [0.4, 0.5) is 4.39 Å². The van der Waals surface area contributed by atoms with Gasteiger partial charge in [0.05, 0.1) is 0 Å². The lowest BCUT2D eigenvalue weighted by molar-refractivity contribution is 0.289. The first-order valence-electron chi connectivity index (χ1n) is 8.89. The van der Waals surface area contributed by atoms with Crippen molar-refractivity contribution in [3.8, 4) is 5.75 Å². The van der Waals surface area contributed by atoms with Crippen LogP contribution in [0.5, 0.6) is 5.75 Å². The Bertz CT molecular complexity index is 996. The summed E-state index contributed by atoms with van der Waals surface area (Å²) in [6, 6.07) is 8.43. The van der Waals surface area contributed by atoms with Crippen LogP contribution in [-0.4, -0.2) is 14.8 Å². The monoisotopic (exact) mass is 451 g/mol. The van der Waals surface area contributed by atoms with Crippen LogP contribution < -0.4 is 4.74 Å². The average molecular weight is 452 g/mol. The highest BCUT2D eigenvalue weighted by Gasteiger charge is 2.15. The molecule has 0 fully saturated rings. The van der Waals surface area contributed by atoms with Gasteiger partial charge in [-0.05, 0) is 49.2 Å². The van der Waals surface area contributed by atoms with E-state index in [0.717, 1.165) is 16.1 Å². The van der Waals surface area contributed by atoms with Crippen molar-refractivity contribution in [3.63, 3.8) is 0 Å². The molecule has 3 rings (SSSR count). The van der Waals surface area contributed by atoms with E-state index in [-0.39, 0.29) is 12.4 Å². The van der Waals surface area contributed by atoms with E-state index in [4.69, 9.17) is 27.9 Å². The molecule has 0 atom stereocenters. The van der Waals surface area contributed by atoms with Gasteiger partial charge in [0.2, 0.25) is 0 Å². The number of hydrogen-bond acceptors (Lipinski definition) is 4. The van der Waals surface area contributed by atoms with Crippen LogP contribution in [0.1, 0.15) is 22.5 Å². The van der Waals surface area contributed by atoms with Crippen molar-refractivity contribution in [2.24, 2.45) is 0 Å². The van der Waals surface area contributed by atoms with E-state index in [2.05, 4.69) is 16.8 Å². The quantitative estimate of drug-likeness (QED) is 0.293. The van der Waals surface area contributed by atoms with E-state index in [1.54, 1.807) is 18.2 Å². The normalized spacial score (nSPS) is 10.9. The lowest BCUT2D eigenvalue weighted by Crippen LogP contribution is -2.08. The van der Waals surface area contributed by atoms with Crippen molar-refractivity contribution in [1.82, 2.24) is 14.8 Å². The zero-order chi connectivity index (χ0) is 21.0. The van der Waals surface area contributed by atoms with Crippen molar-refractivity contribution in [3.05, 3.63) is 81.4 Å². The standard InChI is InChI=1S/C21H20Cl2FN3OS/c1-4-8-27-19(11-28-15-9-13(2)20(23)14(3)10-15)25-26-21(27)29-12-16-17(22)6-5-7-18(16)24/h4-7,9-10H,1,8,11-12H2,2-3H3. The number of thioether (sulfide) groups is 1. The van der Waals surface area contributed by atoms with Gasteiger partial charge in [-0.25, -0.2) is 4.39 Å². The molecule has 29 heavy (non-hydrogen) atoms. The van der Waals surface area contributed by atoms with Crippen molar-refractivity contribution < 1.29 is 9.13 Å². The summed E-state index contributed by atoms with van der Waals surface area (Å²) in [5.74, 6) is 1.37. The molecule has 0 saturated heterocycles. The van der Waals surface area contributed by atoms with Crippen LogP contribution in [0.15, 0.2) is 48.1 Å². The van der Waals surface area contributed by atoms with Crippen LogP contribution in [-0.2, 0) is 18.9 Å². The summed E-state index contributed by atoms with van der Waals surface area (Å²) < 4.78 is 21.8. The molecule has 4 nitrogen and oxygen atoms in total. The minimum Gasteiger partial charge on any atom is -0.486 e. The molecular weight excluding hydrogens is 432 g/mol. The molecule has 0 saturated carbocycles. The Hall–Kier alpha value is -2.02. The number of benzene rings is 2. The van der Waals surface area contributed by atoms with Gasteiger partial charge in [0.25, 0.3) is 0 Å². The third-order valence-corrected chi connectivity index (χ3v) is 6.23. The van der Waals surface area contributed by atoms with Crippen LogP contribution >= 0.6 is 35.0 Å². The molecule has 1 aromatic heterocycles. The first-order chi connectivity index (χ1) is 13.9. The van der Waals surface area contributed by atoms with Gasteiger partial charge in [-0.1, -0.05) is 47.1 Å². The molecule has 0 radical (unpaired) electrons. The third-order valence-electron chi connectivity index (χ3n) is 4.29. The number of halogens is 3. The second kappa shape index (κ2) is 9.65. The highest BCUT2D eigenvalue weighted by molar-refractivity contribution is 7.98. The summed E-state index contributed by atoms with van der Waals surface area (Å²) >= 11 is 13.7. The Labute approximate surface area is 183 Å². The fourth-order valence-corrected chi connectivity index (χ4v) is 4.21. The molecule has 0 bridgehead atoms. The predicted octanol–water partition coefficient (Wildman–Crippen LogP) is 6.40. The van der Waals surface area contributed by atoms with E-state index < -0.39 is 0 Å². The molecule has 0 unspecified atom stereocenters. The Balaban J connectivity index is 1.75. The fourth-order valence-electron chi connectivity index (χ4n) is 2.79. The molecule has 0 spiro atoms. The molecule has 0 aliphatic heterocycles. The van der Waals surface area contributed by atoms with Gasteiger partial charge in [-0.2, -0.15) is 0 Å². The van der Waals surface area contributed by atoms with E-state index in [1.165, 1.54) is 17.8 Å². The number of aromatic nitrogens is 3. The van der Waals surface area contributed by atoms with Gasteiger partial charge in [-0.3, -0.25) is 4.57 Å². The number of rotatable bonds is 8. The second-order valence-corrected chi connectivity index (χ2v) is 8.17. The number of allylic oxidation sites excluding steroid dienone is 1. The fraction of sp³-hybridized carbons (Fsp3) is 0.238. The first-order valence-corrected chi connectivity index (χ1v) is 10.6. The van der Waals surface area contributed by atoms with E-state index in [0.29, 0.717) is 39.6 Å². The molecule has 3 aromatic rings. The maximum absolute atomic E-state index is 14.0. The van der Waals surface area contributed by atoms with Gasteiger partial charge < -0.3 is 4.74 Å². The highest BCUT2D eigenvalue weighted by Crippen LogP contribution is 2.29. The topological polar surface area (TPSA) is 39.9 Å². The Kier molecular flexibility index (Phi) is 7.22. The lowest BCUT2D eigenvalue weighted by Gasteiger charge is -2.11. The molecule has 1 heterocycles. The highest BCUT2D eigenvalue weighted by atomic mass is 35.5. The summed E-state index contributed by atoms with van der Waals surface area (Å²) in [6.07, 6.45) is 1.75. The number of ether oxygens (including phenoxy) is 1. The van der Waals surface area contributed by atoms with Crippen molar-refractivity contribution in [1.29, 1.82) is 0 Å². The molecule has 0 aliphatic rings. The Morgan fingerprint density at radius 1 is 1.21 bits per heavy atom. The maximum Gasteiger partial charge on any atom is 0.191 e. The Morgan fingerprint density at radius 2 is 1.93 bits per heavy atom. The largest absolute Gasteiger partial charge is 0.486 e. The van der Waals surface area contributed by atoms with E-state index in [1.807, 2.05) is 30.5 Å². The van der Waals surface area contributed by atoms with E-state index in [9.17, 15) is 4.39 Å². The number of nitrogens with zero attached hydrogens (tertiary/aromatic N) is 3. The van der Waals surface area contributed by atoms with Gasteiger partial charge in [0.15, 0.2) is 11.0 Å². The lowest BCUT2D eigenvalue weighted by atomic mass is 10.1. The average Bonchev–Trinajstić information content (AvgIpc) is 3.06. The predicted molar refractivity (Wildman–Crippen MR) is 116 cm³/mol. The summed E-state index contributed by atoms with van der Waals surface area (Å²) in [4.78, 5) is 0. The minimum absolute atomic E-state index is 0.238. The second-order valence-electron chi connectivity index (χ2n) is 6.45. The molecule has 0 amide bonds. The molecular formula is C21H20Cl2FN3OS. The van der Waals surface area contributed by atoms with Gasteiger partial charge in [-0.15, -0.1) is 16.8 Å². The van der Waals surface area contributed by atoms with Crippen molar-refractivity contribution in [2.45, 2.75) is 37.9 Å². The van der Waals surface area contributed by atoms with Gasteiger partial charge in [0.1, 0.15) is 18.2 Å². The maximum atomic E-state index is 14.0. The first kappa shape index (κ1) is 21.7. The molecule has 2 aromatic carbocycles. The Morgan fingerprint density at radius 3 is 2.59 bits per heavy atom. The number of hydrogen-bond donors (Lipinski definition) is 0. The minimum atomic E-state index is -0.336. The zero-order valence-electron chi connectivity index (χ0n) is 16.1. The molecule has 152 valence electrons. The van der Waals surface area contributed by atoms with Crippen molar-refractivity contribution >= 4 is 35.0 Å². The van der Waals surface area contributed by atoms with Crippen LogP contribution in [0.3, 0.4) is 0 Å². The van der Waals surface area contributed by atoms with E-state index >= 15 is 0 Å². The summed E-state index contributed by atoms with van der Waals surface area (Å²) in [5.41, 5.74) is 2.34. The van der Waals surface area contributed by atoms with Crippen LogP contribution in [0.2, 0.25) is 10.0 Å². The zero-order valence-corrected chi connectivity index (χ0v) is 18.4. The third kappa shape index (κ3) is 5.13.